The second-order valence-electron chi connectivity index (χ2n) is 4.19. The SMILES string of the molecule is Cc1ccc(F)cc1Cn1ccc(=O)c([N+](=O)[O-])c1. The van der Waals surface area contributed by atoms with Crippen LogP contribution in [0.15, 0.2) is 41.5 Å². The van der Waals surface area contributed by atoms with E-state index in [1.165, 1.54) is 22.9 Å². The molecule has 1 aromatic carbocycles. The van der Waals surface area contributed by atoms with Crippen molar-refractivity contribution >= 4 is 5.69 Å². The van der Waals surface area contributed by atoms with E-state index in [4.69, 9.17) is 0 Å². The maximum atomic E-state index is 13.2. The molecule has 0 aliphatic heterocycles. The molecule has 0 atom stereocenters. The highest BCUT2D eigenvalue weighted by molar-refractivity contribution is 5.29. The normalized spacial score (nSPS) is 10.4. The molecule has 6 heteroatoms. The van der Waals surface area contributed by atoms with Crippen LogP contribution in [0.5, 0.6) is 0 Å². The van der Waals surface area contributed by atoms with Crippen LogP contribution < -0.4 is 5.43 Å². The summed E-state index contributed by atoms with van der Waals surface area (Å²) < 4.78 is 14.6. The highest BCUT2D eigenvalue weighted by atomic mass is 19.1. The Kier molecular flexibility index (Phi) is 3.41. The van der Waals surface area contributed by atoms with Crippen molar-refractivity contribution in [2.45, 2.75) is 13.5 Å². The predicted octanol–water partition coefficient (Wildman–Crippen LogP) is 2.25. The van der Waals surface area contributed by atoms with Gasteiger partial charge in [-0.05, 0) is 30.2 Å². The molecule has 2 rings (SSSR count). The molecule has 0 amide bonds. The van der Waals surface area contributed by atoms with Crippen LogP contribution in [0.25, 0.3) is 0 Å². The number of benzene rings is 1. The number of rotatable bonds is 3. The first-order valence-electron chi connectivity index (χ1n) is 5.57. The van der Waals surface area contributed by atoms with E-state index in [0.29, 0.717) is 5.56 Å². The van der Waals surface area contributed by atoms with Crippen LogP contribution in [-0.4, -0.2) is 9.49 Å². The summed E-state index contributed by atoms with van der Waals surface area (Å²) >= 11 is 0. The third-order valence-corrected chi connectivity index (χ3v) is 2.82. The Labute approximate surface area is 108 Å². The molecule has 0 saturated carbocycles. The fourth-order valence-corrected chi connectivity index (χ4v) is 1.76. The zero-order chi connectivity index (χ0) is 14.0. The van der Waals surface area contributed by atoms with Gasteiger partial charge in [0.2, 0.25) is 0 Å². The third-order valence-electron chi connectivity index (χ3n) is 2.82. The first-order valence-corrected chi connectivity index (χ1v) is 5.57. The van der Waals surface area contributed by atoms with Gasteiger partial charge in [0.05, 0.1) is 11.1 Å². The van der Waals surface area contributed by atoms with Crippen LogP contribution in [-0.2, 0) is 6.54 Å². The molecule has 0 bridgehead atoms. The largest absolute Gasteiger partial charge is 0.344 e. The number of pyridine rings is 1. The highest BCUT2D eigenvalue weighted by Crippen LogP contribution is 2.13. The van der Waals surface area contributed by atoms with Gasteiger partial charge in [0.1, 0.15) is 5.82 Å². The summed E-state index contributed by atoms with van der Waals surface area (Å²) in [5, 5.41) is 10.7. The summed E-state index contributed by atoms with van der Waals surface area (Å²) in [4.78, 5) is 21.2. The van der Waals surface area contributed by atoms with Gasteiger partial charge in [-0.25, -0.2) is 4.39 Å². The lowest BCUT2D eigenvalue weighted by Crippen LogP contribution is -2.11. The molecule has 0 N–H and O–H groups in total. The number of hydrogen-bond acceptors (Lipinski definition) is 3. The van der Waals surface area contributed by atoms with Crippen LogP contribution in [0.3, 0.4) is 0 Å². The summed E-state index contributed by atoms with van der Waals surface area (Å²) in [6, 6.07) is 5.50. The molecule has 0 saturated heterocycles. The molecule has 19 heavy (non-hydrogen) atoms. The van der Waals surface area contributed by atoms with Gasteiger partial charge in [-0.2, -0.15) is 0 Å². The number of nitro groups is 1. The average Bonchev–Trinajstić information content (AvgIpc) is 2.36. The number of aromatic nitrogens is 1. The van der Waals surface area contributed by atoms with Crippen LogP contribution in [0.2, 0.25) is 0 Å². The van der Waals surface area contributed by atoms with E-state index >= 15 is 0 Å². The third kappa shape index (κ3) is 2.85. The quantitative estimate of drug-likeness (QED) is 0.629. The summed E-state index contributed by atoms with van der Waals surface area (Å²) in [7, 11) is 0. The molecule has 0 radical (unpaired) electrons. The predicted molar refractivity (Wildman–Crippen MR) is 67.6 cm³/mol. The molecule has 0 aliphatic rings. The second-order valence-corrected chi connectivity index (χ2v) is 4.19. The average molecular weight is 262 g/mol. The lowest BCUT2D eigenvalue weighted by Gasteiger charge is -2.09. The molecule has 5 nitrogen and oxygen atoms in total. The van der Waals surface area contributed by atoms with Gasteiger partial charge >= 0.3 is 5.69 Å². The van der Waals surface area contributed by atoms with Gasteiger partial charge in [0.25, 0.3) is 5.43 Å². The first-order chi connectivity index (χ1) is 8.97. The smallest absolute Gasteiger partial charge is 0.332 e. The molecular formula is C13H11FN2O3. The fraction of sp³-hybridized carbons (Fsp3) is 0.154. The monoisotopic (exact) mass is 262 g/mol. The molecule has 0 spiro atoms. The number of nitrogens with zero attached hydrogens (tertiary/aromatic N) is 2. The van der Waals surface area contributed by atoms with Crippen molar-refractivity contribution in [3.05, 3.63) is 73.9 Å². The molecular weight excluding hydrogens is 251 g/mol. The van der Waals surface area contributed by atoms with Gasteiger partial charge in [0.15, 0.2) is 0 Å². The molecule has 0 unspecified atom stereocenters. The van der Waals surface area contributed by atoms with Crippen molar-refractivity contribution in [1.29, 1.82) is 0 Å². The summed E-state index contributed by atoms with van der Waals surface area (Å²) in [6.45, 7) is 2.09. The number of halogens is 1. The van der Waals surface area contributed by atoms with Crippen LogP contribution in [0, 0.1) is 22.9 Å². The van der Waals surface area contributed by atoms with Gasteiger partial charge in [-0.3, -0.25) is 14.9 Å². The molecule has 2 aromatic rings. The van der Waals surface area contributed by atoms with E-state index < -0.39 is 16.0 Å². The van der Waals surface area contributed by atoms with Crippen LogP contribution >= 0.6 is 0 Å². The maximum absolute atomic E-state index is 13.2. The van der Waals surface area contributed by atoms with Gasteiger partial charge in [-0.1, -0.05) is 6.07 Å². The Bertz CT molecular complexity index is 695. The summed E-state index contributed by atoms with van der Waals surface area (Å²) in [5.41, 5.74) is 0.453. The number of hydrogen-bond donors (Lipinski definition) is 0. The van der Waals surface area contributed by atoms with Crippen molar-refractivity contribution < 1.29 is 9.31 Å². The van der Waals surface area contributed by atoms with E-state index in [0.717, 1.165) is 17.8 Å². The Morgan fingerprint density at radius 2 is 2.11 bits per heavy atom. The lowest BCUT2D eigenvalue weighted by molar-refractivity contribution is -0.386. The van der Waals surface area contributed by atoms with E-state index in [2.05, 4.69) is 0 Å². The fourth-order valence-electron chi connectivity index (χ4n) is 1.76. The van der Waals surface area contributed by atoms with Gasteiger partial charge in [-0.15, -0.1) is 0 Å². The van der Waals surface area contributed by atoms with E-state index in [1.807, 2.05) is 6.92 Å². The maximum Gasteiger partial charge on any atom is 0.332 e. The van der Waals surface area contributed by atoms with Crippen LogP contribution in [0.4, 0.5) is 10.1 Å². The Balaban J connectivity index is 2.39. The van der Waals surface area contributed by atoms with Crippen molar-refractivity contribution in [3.63, 3.8) is 0 Å². The second kappa shape index (κ2) is 5.01. The first kappa shape index (κ1) is 12.9. The van der Waals surface area contributed by atoms with Crippen molar-refractivity contribution in [3.8, 4) is 0 Å². The number of aryl methyl sites for hydroxylation is 1. The van der Waals surface area contributed by atoms with Crippen LogP contribution in [0.1, 0.15) is 11.1 Å². The molecule has 98 valence electrons. The Morgan fingerprint density at radius 1 is 1.37 bits per heavy atom. The molecule has 0 fully saturated rings. The van der Waals surface area contributed by atoms with Gasteiger partial charge in [0, 0.05) is 18.8 Å². The van der Waals surface area contributed by atoms with E-state index in [9.17, 15) is 19.3 Å². The summed E-state index contributed by atoms with van der Waals surface area (Å²) in [6.07, 6.45) is 2.60. The molecule has 1 heterocycles. The van der Waals surface area contributed by atoms with Crippen molar-refractivity contribution in [1.82, 2.24) is 4.57 Å². The standard InChI is InChI=1S/C13H11FN2O3/c1-9-2-3-11(14)6-10(9)7-15-5-4-13(17)12(8-15)16(18)19/h2-6,8H,7H2,1H3. The minimum absolute atomic E-state index is 0.269. The van der Waals surface area contributed by atoms with Gasteiger partial charge < -0.3 is 4.57 Å². The zero-order valence-electron chi connectivity index (χ0n) is 10.2. The Hall–Kier alpha value is -2.50. The highest BCUT2D eigenvalue weighted by Gasteiger charge is 2.12. The van der Waals surface area contributed by atoms with Crippen molar-refractivity contribution in [2.75, 3.05) is 0 Å². The lowest BCUT2D eigenvalue weighted by atomic mass is 10.1. The van der Waals surface area contributed by atoms with Crippen molar-refractivity contribution in [2.24, 2.45) is 0 Å². The minimum Gasteiger partial charge on any atom is -0.344 e. The topological polar surface area (TPSA) is 65.1 Å². The molecule has 0 aliphatic carbocycles. The zero-order valence-corrected chi connectivity index (χ0v) is 10.2. The molecule has 1 aromatic heterocycles. The van der Waals surface area contributed by atoms with E-state index in [1.54, 1.807) is 6.07 Å². The van der Waals surface area contributed by atoms with E-state index in [-0.39, 0.29) is 12.4 Å². The minimum atomic E-state index is -0.725. The Morgan fingerprint density at radius 3 is 2.79 bits per heavy atom. The summed E-state index contributed by atoms with van der Waals surface area (Å²) in [5.74, 6) is -0.365.